The Morgan fingerprint density at radius 3 is 2.46 bits per heavy atom. The van der Waals surface area contributed by atoms with Gasteiger partial charge in [0.05, 0.1) is 12.8 Å². The molecular formula is C17H30N3O15P3S. The molecule has 0 aliphatic carbocycles. The zero-order valence-corrected chi connectivity index (χ0v) is 23.9. The van der Waals surface area contributed by atoms with Gasteiger partial charge in [0.1, 0.15) is 29.4 Å². The van der Waals surface area contributed by atoms with Crippen molar-refractivity contribution in [2.75, 3.05) is 18.5 Å². The minimum Gasteiger partial charge on any atom is -0.480 e. The molecule has 1 saturated heterocycles. The van der Waals surface area contributed by atoms with Gasteiger partial charge in [-0.05, 0) is 31.1 Å². The molecule has 0 amide bonds. The highest BCUT2D eigenvalue weighted by Gasteiger charge is 2.46. The normalized spacial score (nSPS) is 26.8. The molecular weight excluding hydrogens is 611 g/mol. The van der Waals surface area contributed by atoms with E-state index in [0.717, 1.165) is 11.0 Å². The lowest BCUT2D eigenvalue weighted by atomic mass is 10.1. The summed E-state index contributed by atoms with van der Waals surface area (Å²) in [5, 5.41) is 29.7. The summed E-state index contributed by atoms with van der Waals surface area (Å²) in [6.07, 6.45) is -5.73. The number of nitrogens with zero attached hydrogens (tertiary/aromatic N) is 2. The van der Waals surface area contributed by atoms with Crippen molar-refractivity contribution in [2.24, 2.45) is 5.73 Å². The molecule has 1 aliphatic heterocycles. The predicted molar refractivity (Wildman–Crippen MR) is 133 cm³/mol. The number of hydrogen-bond donors (Lipinski definition) is 7. The molecule has 1 fully saturated rings. The molecule has 8 N–H and O–H groups in total. The maximum atomic E-state index is 12.3. The molecule has 224 valence electrons. The number of aliphatic hydroxyl groups is 2. The fourth-order valence-electron chi connectivity index (χ4n) is 3.15. The van der Waals surface area contributed by atoms with Crippen LogP contribution in [0.5, 0.6) is 0 Å². The molecule has 1 aromatic heterocycles. The highest BCUT2D eigenvalue weighted by Crippen LogP contribution is 2.67. The van der Waals surface area contributed by atoms with Gasteiger partial charge in [-0.1, -0.05) is 6.92 Å². The zero-order valence-electron chi connectivity index (χ0n) is 20.4. The van der Waals surface area contributed by atoms with Crippen LogP contribution in [0.25, 0.3) is 0 Å². The summed E-state index contributed by atoms with van der Waals surface area (Å²) in [5.74, 6) is -0.666. The number of phosphoric ester groups is 1. The topological polar surface area (TPSA) is 287 Å². The summed E-state index contributed by atoms with van der Waals surface area (Å²) in [5.41, 5.74) is 4.44. The number of nitrogens with two attached hydrogens (primary N) is 1. The van der Waals surface area contributed by atoms with E-state index in [1.165, 1.54) is 24.0 Å². The van der Waals surface area contributed by atoms with Gasteiger partial charge < -0.3 is 40.5 Å². The van der Waals surface area contributed by atoms with Gasteiger partial charge >= 0.3 is 34.9 Å². The summed E-state index contributed by atoms with van der Waals surface area (Å²) in [7, 11) is -16.1. The smallest absolute Gasteiger partial charge is 0.480 e. The number of hydrogen-bond acceptors (Lipinski definition) is 14. The monoisotopic (exact) mass is 641 g/mol. The van der Waals surface area contributed by atoms with Crippen LogP contribution in [0.4, 0.5) is 0 Å². The summed E-state index contributed by atoms with van der Waals surface area (Å²) in [6, 6.07) is 0.127. The molecule has 0 radical (unpaired) electrons. The second kappa shape index (κ2) is 14.2. The number of rotatable bonds is 16. The molecule has 1 aromatic rings. The van der Waals surface area contributed by atoms with Gasteiger partial charge in [0, 0.05) is 6.20 Å². The average Bonchev–Trinajstić information content (AvgIpc) is 3.08. The summed E-state index contributed by atoms with van der Waals surface area (Å²) < 4.78 is 55.0. The third kappa shape index (κ3) is 10.7. The van der Waals surface area contributed by atoms with Crippen molar-refractivity contribution < 1.29 is 66.4 Å². The number of carboxylic acid groups (broad SMARTS) is 1. The maximum absolute atomic E-state index is 12.3. The van der Waals surface area contributed by atoms with E-state index in [0.29, 0.717) is 10.8 Å². The molecule has 0 aromatic carbocycles. The van der Waals surface area contributed by atoms with E-state index < -0.39 is 78.3 Å². The van der Waals surface area contributed by atoms with Crippen LogP contribution in [0.1, 0.15) is 32.4 Å². The Kier molecular flexibility index (Phi) is 12.5. The Morgan fingerprint density at radius 2 is 1.87 bits per heavy atom. The highest BCUT2D eigenvalue weighted by molar-refractivity contribution is 7.99. The van der Waals surface area contributed by atoms with Crippen LogP contribution in [0, 0.1) is 0 Å². The quantitative estimate of drug-likeness (QED) is 0.0709. The summed E-state index contributed by atoms with van der Waals surface area (Å²) in [6.45, 7) is 0.942. The molecule has 0 saturated carbocycles. The molecule has 39 heavy (non-hydrogen) atoms. The van der Waals surface area contributed by atoms with Crippen molar-refractivity contribution in [3.63, 3.8) is 0 Å². The fourth-order valence-corrected chi connectivity index (χ4v) is 8.01. The number of thioether (sulfide) groups is 1. The number of carbonyl (C=O) groups is 1. The lowest BCUT2D eigenvalue weighted by Gasteiger charge is -2.20. The standard InChI is InChI=1S/C17H30N3O15P3S/c1-2-8-39-12-5-6-20(17(25)19-12)15-14(22)13(21)11(33-15)9-32-37(28,29)35-38(30,31)34-36(26,27)7-3-4-10(18)16(23)24/h5-6,10-11,13-15,21-22H,2-4,7-9,18H2,1H3,(H,23,24)(H,26,27)(H,28,29)(H,30,31)/t10?,11-,13?,14+,15-/m1/s1. The summed E-state index contributed by atoms with van der Waals surface area (Å²) in [4.78, 5) is 56.0. The van der Waals surface area contributed by atoms with Crippen molar-refractivity contribution in [3.05, 3.63) is 22.7 Å². The van der Waals surface area contributed by atoms with Crippen LogP contribution in [0.2, 0.25) is 0 Å². The predicted octanol–water partition coefficient (Wildman–Crippen LogP) is -0.00730. The SMILES string of the molecule is CCCSc1ccn([C@@H]2O[C@H](COP(=O)(O)OP(=O)(O)OP(=O)(O)CCCC(N)C(=O)O)C(O)[C@@H]2O)c(=O)n1. The first-order valence-electron chi connectivity index (χ1n) is 11.2. The minimum absolute atomic E-state index is 0.276. The van der Waals surface area contributed by atoms with E-state index >= 15 is 0 Å². The van der Waals surface area contributed by atoms with Crippen LogP contribution in [0.15, 0.2) is 22.1 Å². The lowest BCUT2D eigenvalue weighted by Crippen LogP contribution is -2.36. The van der Waals surface area contributed by atoms with E-state index in [1.807, 2.05) is 6.92 Å². The third-order valence-electron chi connectivity index (χ3n) is 4.98. The van der Waals surface area contributed by atoms with Crippen molar-refractivity contribution in [3.8, 4) is 0 Å². The van der Waals surface area contributed by atoms with Gasteiger partial charge in [-0.15, -0.1) is 11.8 Å². The lowest BCUT2D eigenvalue weighted by molar-refractivity contribution is -0.138. The minimum atomic E-state index is -5.69. The van der Waals surface area contributed by atoms with Crippen molar-refractivity contribution in [1.82, 2.24) is 9.55 Å². The molecule has 8 atom stereocenters. The molecule has 5 unspecified atom stereocenters. The first kappa shape index (κ1) is 34.2. The molecule has 18 nitrogen and oxygen atoms in total. The Bertz CT molecular complexity index is 1200. The Labute approximate surface area is 225 Å². The fraction of sp³-hybridized carbons (Fsp3) is 0.706. The van der Waals surface area contributed by atoms with E-state index in [1.54, 1.807) is 0 Å². The number of aliphatic hydroxyl groups excluding tert-OH is 2. The third-order valence-corrected chi connectivity index (χ3v) is 11.0. The van der Waals surface area contributed by atoms with Gasteiger partial charge in [0.2, 0.25) is 0 Å². The van der Waals surface area contributed by atoms with E-state index in [2.05, 4.69) is 18.1 Å². The van der Waals surface area contributed by atoms with Crippen LogP contribution < -0.4 is 11.4 Å². The van der Waals surface area contributed by atoms with Crippen LogP contribution in [-0.2, 0) is 36.4 Å². The number of phosphoric acid groups is 2. The number of aliphatic carboxylic acids is 1. The Hall–Kier alpha value is -1.01. The zero-order chi connectivity index (χ0) is 29.6. The molecule has 0 spiro atoms. The first-order chi connectivity index (χ1) is 18.0. The van der Waals surface area contributed by atoms with Crippen molar-refractivity contribution in [2.45, 2.75) is 61.8 Å². The molecule has 22 heteroatoms. The number of ether oxygens (including phenoxy) is 1. The van der Waals surface area contributed by atoms with Gasteiger partial charge in [-0.25, -0.2) is 18.2 Å². The van der Waals surface area contributed by atoms with Gasteiger partial charge in [-0.2, -0.15) is 9.29 Å². The molecule has 2 rings (SSSR count). The number of carboxylic acids is 1. The Balaban J connectivity index is 1.96. The van der Waals surface area contributed by atoms with E-state index in [9.17, 15) is 48.2 Å². The van der Waals surface area contributed by atoms with Crippen LogP contribution >= 0.6 is 35.0 Å². The van der Waals surface area contributed by atoms with Crippen molar-refractivity contribution in [1.29, 1.82) is 0 Å². The summed E-state index contributed by atoms with van der Waals surface area (Å²) >= 11 is 1.33. The first-order valence-corrected chi connectivity index (χ1v) is 17.0. The van der Waals surface area contributed by atoms with Gasteiger partial charge in [-0.3, -0.25) is 18.5 Å². The van der Waals surface area contributed by atoms with Crippen molar-refractivity contribution >= 4 is 41.0 Å². The van der Waals surface area contributed by atoms with E-state index in [4.69, 9.17) is 15.6 Å². The molecule has 0 bridgehead atoms. The van der Waals surface area contributed by atoms with Gasteiger partial charge in [0.15, 0.2) is 6.23 Å². The van der Waals surface area contributed by atoms with E-state index in [-0.39, 0.29) is 12.8 Å². The average molecular weight is 641 g/mol. The van der Waals surface area contributed by atoms with Gasteiger partial charge in [0.25, 0.3) is 0 Å². The van der Waals surface area contributed by atoms with Crippen LogP contribution in [0.3, 0.4) is 0 Å². The maximum Gasteiger partial charge on any atom is 0.488 e. The van der Waals surface area contributed by atoms with Crippen LogP contribution in [-0.4, -0.2) is 88.4 Å². The largest absolute Gasteiger partial charge is 0.488 e. The second-order valence-electron chi connectivity index (χ2n) is 8.19. The second-order valence-corrected chi connectivity index (χ2v) is 14.5. The number of aromatic nitrogens is 2. The Morgan fingerprint density at radius 1 is 1.21 bits per heavy atom. The molecule has 1 aliphatic rings. The molecule has 2 heterocycles. The highest BCUT2D eigenvalue weighted by atomic mass is 32.2.